The minimum absolute atomic E-state index is 0.00177. The fourth-order valence-corrected chi connectivity index (χ4v) is 2.32. The number of amidine groups is 1. The summed E-state index contributed by atoms with van der Waals surface area (Å²) in [4.78, 5) is 14.7. The Hall–Kier alpha value is -3.59. The largest absolute Gasteiger partial charge is 0.479 e. The van der Waals surface area contributed by atoms with E-state index in [1.807, 2.05) is 12.1 Å². The van der Waals surface area contributed by atoms with Crippen molar-refractivity contribution in [1.82, 2.24) is 19.7 Å². The van der Waals surface area contributed by atoms with Gasteiger partial charge in [-0.3, -0.25) is 9.98 Å². The average Bonchev–Trinajstić information content (AvgIpc) is 3.10. The molecule has 2 aromatic heterocycles. The number of nitrogen functional groups attached to an aromatic ring is 1. The molecule has 3 aromatic rings. The third-order valence-electron chi connectivity index (χ3n) is 3.73. The van der Waals surface area contributed by atoms with Crippen LogP contribution in [0.1, 0.15) is 11.3 Å². The number of aliphatic hydroxyl groups excluding tert-OH is 1. The Labute approximate surface area is 148 Å². The van der Waals surface area contributed by atoms with Crippen molar-refractivity contribution in [2.45, 2.75) is 12.5 Å². The van der Waals surface area contributed by atoms with Gasteiger partial charge < -0.3 is 15.9 Å². The number of rotatable bonds is 6. The molecule has 1 atom stereocenters. The maximum absolute atomic E-state index is 10.7. The summed E-state index contributed by atoms with van der Waals surface area (Å²) < 4.78 is 1.60. The lowest BCUT2D eigenvalue weighted by Crippen LogP contribution is -2.22. The van der Waals surface area contributed by atoms with E-state index < -0.39 is 12.1 Å². The summed E-state index contributed by atoms with van der Waals surface area (Å²) >= 11 is 0. The van der Waals surface area contributed by atoms with Gasteiger partial charge >= 0.3 is 5.97 Å². The van der Waals surface area contributed by atoms with Gasteiger partial charge in [0.1, 0.15) is 12.2 Å². The number of imidazole rings is 1. The van der Waals surface area contributed by atoms with Gasteiger partial charge in [0.2, 0.25) is 0 Å². The van der Waals surface area contributed by atoms with Gasteiger partial charge in [0, 0.05) is 23.7 Å². The molecule has 0 aliphatic rings. The van der Waals surface area contributed by atoms with E-state index in [0.717, 1.165) is 5.56 Å². The van der Waals surface area contributed by atoms with Crippen molar-refractivity contribution in [3.05, 3.63) is 60.2 Å². The Bertz CT molecular complexity index is 934. The normalized spacial score (nSPS) is 11.9. The van der Waals surface area contributed by atoms with E-state index in [1.165, 1.54) is 6.33 Å². The van der Waals surface area contributed by atoms with Crippen LogP contribution >= 0.6 is 0 Å². The van der Waals surface area contributed by atoms with Gasteiger partial charge in [-0.25, -0.2) is 9.78 Å². The molecule has 1 aromatic carbocycles. The number of hydrogen-bond acceptors (Lipinski definition) is 6. The second-order valence-corrected chi connectivity index (χ2v) is 5.60. The quantitative estimate of drug-likeness (QED) is 0.374. The lowest BCUT2D eigenvalue weighted by molar-refractivity contribution is -0.146. The maximum Gasteiger partial charge on any atom is 0.332 e. The molecule has 26 heavy (non-hydrogen) atoms. The predicted octanol–water partition coefficient (Wildman–Crippen LogP) is 0.601. The van der Waals surface area contributed by atoms with Crippen LogP contribution in [0.3, 0.4) is 0 Å². The standard InChI is InChI=1S/C17H16N6O3/c18-16(19)11-3-1-10(2-4-11)13-5-6-15(22-21-13)23-8-12(20-9-23)7-14(24)17(25)26/h1-6,8-9,14,24H,7H2,(H3,18,19)(H,25,26). The topological polar surface area (TPSA) is 151 Å². The van der Waals surface area contributed by atoms with Crippen LogP contribution in [0.25, 0.3) is 17.1 Å². The summed E-state index contributed by atoms with van der Waals surface area (Å²) in [5.74, 6) is -0.779. The van der Waals surface area contributed by atoms with Gasteiger partial charge in [0.25, 0.3) is 0 Å². The number of aliphatic carboxylic acids is 1. The van der Waals surface area contributed by atoms with Crippen LogP contribution in [0.15, 0.2) is 48.9 Å². The van der Waals surface area contributed by atoms with E-state index in [1.54, 1.807) is 35.0 Å². The number of carboxylic acid groups (broad SMARTS) is 1. The van der Waals surface area contributed by atoms with E-state index in [0.29, 0.717) is 22.8 Å². The highest BCUT2D eigenvalue weighted by atomic mass is 16.4. The molecule has 0 saturated carbocycles. The molecule has 9 nitrogen and oxygen atoms in total. The molecule has 0 saturated heterocycles. The van der Waals surface area contributed by atoms with Crippen LogP contribution in [-0.2, 0) is 11.2 Å². The summed E-state index contributed by atoms with van der Waals surface area (Å²) in [6.45, 7) is 0. The fraction of sp³-hybridized carbons (Fsp3) is 0.118. The summed E-state index contributed by atoms with van der Waals surface area (Å²) in [5, 5.41) is 33.8. The van der Waals surface area contributed by atoms with Crippen LogP contribution in [0, 0.1) is 5.41 Å². The van der Waals surface area contributed by atoms with Crippen molar-refractivity contribution in [2.24, 2.45) is 5.73 Å². The van der Waals surface area contributed by atoms with Gasteiger partial charge in [0.15, 0.2) is 11.9 Å². The molecular weight excluding hydrogens is 336 g/mol. The number of aromatic nitrogens is 4. The first-order valence-electron chi connectivity index (χ1n) is 7.66. The summed E-state index contributed by atoms with van der Waals surface area (Å²) in [6, 6.07) is 10.6. The molecule has 5 N–H and O–H groups in total. The monoisotopic (exact) mass is 352 g/mol. The van der Waals surface area contributed by atoms with Crippen LogP contribution in [0.2, 0.25) is 0 Å². The SMILES string of the molecule is N=C(N)c1ccc(-c2ccc(-n3cnc(CC(O)C(=O)O)c3)nn2)cc1. The molecule has 9 heteroatoms. The zero-order valence-corrected chi connectivity index (χ0v) is 13.6. The van der Waals surface area contributed by atoms with Crippen molar-refractivity contribution >= 4 is 11.8 Å². The smallest absolute Gasteiger partial charge is 0.332 e. The number of carbonyl (C=O) groups is 1. The van der Waals surface area contributed by atoms with Crippen LogP contribution in [0.4, 0.5) is 0 Å². The molecule has 132 valence electrons. The predicted molar refractivity (Wildman–Crippen MR) is 93.0 cm³/mol. The number of hydrogen-bond donors (Lipinski definition) is 4. The lowest BCUT2D eigenvalue weighted by Gasteiger charge is -2.04. The van der Waals surface area contributed by atoms with E-state index in [9.17, 15) is 9.90 Å². The van der Waals surface area contributed by atoms with Crippen molar-refractivity contribution in [2.75, 3.05) is 0 Å². The molecule has 0 bridgehead atoms. The number of nitrogens with one attached hydrogen (secondary N) is 1. The second kappa shape index (κ2) is 7.11. The van der Waals surface area contributed by atoms with Gasteiger partial charge in [-0.1, -0.05) is 24.3 Å². The minimum Gasteiger partial charge on any atom is -0.479 e. The lowest BCUT2D eigenvalue weighted by atomic mass is 10.1. The van der Waals surface area contributed by atoms with Gasteiger partial charge in [-0.05, 0) is 12.1 Å². The number of aliphatic hydroxyl groups is 1. The summed E-state index contributed by atoms with van der Waals surface area (Å²) in [7, 11) is 0. The van der Waals surface area contributed by atoms with E-state index in [4.69, 9.17) is 16.2 Å². The molecule has 0 amide bonds. The molecule has 0 fully saturated rings. The Morgan fingerprint density at radius 3 is 2.50 bits per heavy atom. The molecule has 0 spiro atoms. The first-order chi connectivity index (χ1) is 12.4. The molecule has 0 aliphatic carbocycles. The van der Waals surface area contributed by atoms with Gasteiger partial charge in [-0.2, -0.15) is 0 Å². The van der Waals surface area contributed by atoms with Crippen LogP contribution < -0.4 is 5.73 Å². The fourth-order valence-electron chi connectivity index (χ4n) is 2.32. The van der Waals surface area contributed by atoms with E-state index in [2.05, 4.69) is 15.2 Å². The Morgan fingerprint density at radius 1 is 1.19 bits per heavy atom. The molecule has 2 heterocycles. The third kappa shape index (κ3) is 3.73. The first kappa shape index (κ1) is 17.2. The Kier molecular flexibility index (Phi) is 4.72. The molecule has 1 unspecified atom stereocenters. The molecule has 3 rings (SSSR count). The van der Waals surface area contributed by atoms with Crippen molar-refractivity contribution in [1.29, 1.82) is 5.41 Å². The number of benzene rings is 1. The van der Waals surface area contributed by atoms with Gasteiger partial charge in [0.05, 0.1) is 11.4 Å². The van der Waals surface area contributed by atoms with Gasteiger partial charge in [-0.15, -0.1) is 10.2 Å². The number of nitrogens with two attached hydrogens (primary N) is 1. The van der Waals surface area contributed by atoms with Crippen molar-refractivity contribution in [3.8, 4) is 17.1 Å². The molecule has 0 aliphatic heterocycles. The van der Waals surface area contributed by atoms with E-state index >= 15 is 0 Å². The number of nitrogens with zero attached hydrogens (tertiary/aromatic N) is 4. The highest BCUT2D eigenvalue weighted by Crippen LogP contribution is 2.18. The van der Waals surface area contributed by atoms with Crippen molar-refractivity contribution < 1.29 is 15.0 Å². The average molecular weight is 352 g/mol. The zero-order chi connectivity index (χ0) is 18.7. The first-order valence-corrected chi connectivity index (χ1v) is 7.66. The molecule has 0 radical (unpaired) electrons. The summed E-state index contributed by atoms with van der Waals surface area (Å²) in [5.41, 5.74) is 8.00. The Balaban J connectivity index is 1.76. The highest BCUT2D eigenvalue weighted by molar-refractivity contribution is 5.95. The molecular formula is C17H16N6O3. The van der Waals surface area contributed by atoms with Crippen LogP contribution in [0.5, 0.6) is 0 Å². The second-order valence-electron chi connectivity index (χ2n) is 5.60. The number of carboxylic acids is 1. The Morgan fingerprint density at radius 2 is 1.92 bits per heavy atom. The maximum atomic E-state index is 10.7. The van der Waals surface area contributed by atoms with Crippen molar-refractivity contribution in [3.63, 3.8) is 0 Å². The minimum atomic E-state index is -1.50. The highest BCUT2D eigenvalue weighted by Gasteiger charge is 2.15. The summed E-state index contributed by atoms with van der Waals surface area (Å²) in [6.07, 6.45) is 1.49. The van der Waals surface area contributed by atoms with E-state index in [-0.39, 0.29) is 12.3 Å². The zero-order valence-electron chi connectivity index (χ0n) is 13.6. The third-order valence-corrected chi connectivity index (χ3v) is 3.73. The van der Waals surface area contributed by atoms with Crippen LogP contribution in [-0.4, -0.2) is 47.9 Å².